The Bertz CT molecular complexity index is 662. The maximum atomic E-state index is 12.7. The van der Waals surface area contributed by atoms with Crippen LogP contribution in [-0.4, -0.2) is 39.5 Å². The third kappa shape index (κ3) is 1.72. The second-order valence-corrected chi connectivity index (χ2v) is 6.45. The largest absolute Gasteiger partial charge is 0.337 e. The molecule has 1 amide bonds. The van der Waals surface area contributed by atoms with Gasteiger partial charge < -0.3 is 14.8 Å². The van der Waals surface area contributed by atoms with Crippen molar-refractivity contribution >= 4 is 17.2 Å². The van der Waals surface area contributed by atoms with Crippen LogP contribution in [0, 0.1) is 6.92 Å². The van der Waals surface area contributed by atoms with Crippen LogP contribution >= 0.6 is 11.3 Å². The number of amides is 1. The molecule has 0 bridgehead atoms. The normalized spacial score (nSPS) is 24.9. The van der Waals surface area contributed by atoms with Crippen LogP contribution in [0.5, 0.6) is 0 Å². The van der Waals surface area contributed by atoms with Crippen LogP contribution in [0.25, 0.3) is 0 Å². The minimum Gasteiger partial charge on any atom is -0.337 e. The van der Waals surface area contributed by atoms with E-state index in [1.54, 1.807) is 11.3 Å². The molecule has 0 aromatic carbocycles. The molecule has 2 aromatic rings. The summed E-state index contributed by atoms with van der Waals surface area (Å²) in [6.45, 7) is 4.39. The summed E-state index contributed by atoms with van der Waals surface area (Å²) in [5.74, 6) is 0.116. The molecule has 0 unspecified atom stereocenters. The van der Waals surface area contributed by atoms with Gasteiger partial charge in [-0.2, -0.15) is 0 Å². The standard InChI is InChI=1S/C14H16N4OS/c1-9-16-10(8-20-9)7-18-13-6-15-5-12(13)17-4-2-3-11(17)14(18)19/h2-4,8,12-13,15H,5-7H2,1H3/t12-,13+/m0/s1. The highest BCUT2D eigenvalue weighted by molar-refractivity contribution is 7.09. The first-order valence-electron chi connectivity index (χ1n) is 6.83. The molecule has 104 valence electrons. The van der Waals surface area contributed by atoms with E-state index in [0.717, 1.165) is 29.5 Å². The van der Waals surface area contributed by atoms with Gasteiger partial charge in [-0.3, -0.25) is 4.79 Å². The molecule has 0 radical (unpaired) electrons. The third-order valence-electron chi connectivity index (χ3n) is 4.17. The summed E-state index contributed by atoms with van der Waals surface area (Å²) in [5.41, 5.74) is 1.79. The van der Waals surface area contributed by atoms with Gasteiger partial charge in [0.15, 0.2) is 0 Å². The lowest BCUT2D eigenvalue weighted by Crippen LogP contribution is -2.49. The van der Waals surface area contributed by atoms with Gasteiger partial charge in [-0.1, -0.05) is 0 Å². The smallest absolute Gasteiger partial charge is 0.271 e. The fourth-order valence-corrected chi connectivity index (χ4v) is 3.86. The number of thiazole rings is 1. The van der Waals surface area contributed by atoms with Gasteiger partial charge in [0, 0.05) is 24.7 Å². The van der Waals surface area contributed by atoms with Crippen LogP contribution in [0.4, 0.5) is 0 Å². The third-order valence-corrected chi connectivity index (χ3v) is 4.99. The Labute approximate surface area is 121 Å². The summed E-state index contributed by atoms with van der Waals surface area (Å²) >= 11 is 1.64. The molecule has 4 heterocycles. The lowest BCUT2D eigenvalue weighted by molar-refractivity contribution is 0.0559. The van der Waals surface area contributed by atoms with E-state index in [4.69, 9.17) is 0 Å². The van der Waals surface area contributed by atoms with E-state index >= 15 is 0 Å². The van der Waals surface area contributed by atoms with Crippen molar-refractivity contribution in [1.82, 2.24) is 19.8 Å². The summed E-state index contributed by atoms with van der Waals surface area (Å²) in [6.07, 6.45) is 2.02. The van der Waals surface area contributed by atoms with Gasteiger partial charge in [0.1, 0.15) is 5.69 Å². The second-order valence-electron chi connectivity index (χ2n) is 5.38. The number of aromatic nitrogens is 2. The van der Waals surface area contributed by atoms with Crippen molar-refractivity contribution in [1.29, 1.82) is 0 Å². The molecule has 0 spiro atoms. The van der Waals surface area contributed by atoms with Crippen molar-refractivity contribution < 1.29 is 4.79 Å². The molecule has 0 saturated carbocycles. The van der Waals surface area contributed by atoms with Gasteiger partial charge >= 0.3 is 0 Å². The van der Waals surface area contributed by atoms with Crippen LogP contribution in [0.3, 0.4) is 0 Å². The first kappa shape index (κ1) is 12.1. The molecule has 0 aliphatic carbocycles. The molecule has 20 heavy (non-hydrogen) atoms. The molecular weight excluding hydrogens is 272 g/mol. The molecule has 1 saturated heterocycles. The van der Waals surface area contributed by atoms with Crippen molar-refractivity contribution in [2.24, 2.45) is 0 Å². The molecule has 4 rings (SSSR count). The maximum Gasteiger partial charge on any atom is 0.271 e. The topological polar surface area (TPSA) is 50.2 Å². The van der Waals surface area contributed by atoms with E-state index in [2.05, 4.69) is 14.9 Å². The Kier molecular flexibility index (Phi) is 2.68. The Morgan fingerprint density at radius 3 is 3.10 bits per heavy atom. The highest BCUT2D eigenvalue weighted by atomic mass is 32.1. The van der Waals surface area contributed by atoms with Gasteiger partial charge in [-0.15, -0.1) is 11.3 Å². The van der Waals surface area contributed by atoms with Crippen LogP contribution in [0.1, 0.15) is 27.2 Å². The second kappa shape index (κ2) is 4.43. The first-order chi connectivity index (χ1) is 9.74. The monoisotopic (exact) mass is 288 g/mol. The Balaban J connectivity index is 1.70. The van der Waals surface area contributed by atoms with Crippen molar-refractivity contribution in [3.05, 3.63) is 40.1 Å². The minimum atomic E-state index is 0.116. The fraction of sp³-hybridized carbons (Fsp3) is 0.429. The highest BCUT2D eigenvalue weighted by Crippen LogP contribution is 2.31. The van der Waals surface area contributed by atoms with Crippen LogP contribution in [-0.2, 0) is 6.54 Å². The van der Waals surface area contributed by atoms with Crippen molar-refractivity contribution in [3.63, 3.8) is 0 Å². The van der Waals surface area contributed by atoms with Gasteiger partial charge in [0.2, 0.25) is 0 Å². The summed E-state index contributed by atoms with van der Waals surface area (Å²) in [7, 11) is 0. The Hall–Kier alpha value is -1.66. The molecule has 2 aliphatic rings. The highest BCUT2D eigenvalue weighted by Gasteiger charge is 2.42. The SMILES string of the molecule is Cc1nc(CN2C(=O)c3cccn3[C@H]3CNC[C@H]32)cs1. The van der Waals surface area contributed by atoms with E-state index in [1.807, 2.05) is 35.5 Å². The Morgan fingerprint density at radius 2 is 2.30 bits per heavy atom. The number of rotatable bonds is 2. The first-order valence-corrected chi connectivity index (χ1v) is 7.71. The zero-order valence-electron chi connectivity index (χ0n) is 11.2. The maximum absolute atomic E-state index is 12.7. The van der Waals surface area contributed by atoms with E-state index in [1.165, 1.54) is 0 Å². The number of aryl methyl sites for hydroxylation is 1. The predicted octanol–water partition coefficient (Wildman–Crippen LogP) is 1.42. The molecule has 2 aliphatic heterocycles. The minimum absolute atomic E-state index is 0.116. The molecule has 6 heteroatoms. The lowest BCUT2D eigenvalue weighted by atomic mass is 10.1. The van der Waals surface area contributed by atoms with E-state index < -0.39 is 0 Å². The number of nitrogens with one attached hydrogen (secondary N) is 1. The average molecular weight is 288 g/mol. The molecule has 2 aromatic heterocycles. The molecule has 5 nitrogen and oxygen atoms in total. The number of carbonyl (C=O) groups is 1. The van der Waals surface area contributed by atoms with Crippen LogP contribution in [0.15, 0.2) is 23.7 Å². The van der Waals surface area contributed by atoms with Gasteiger partial charge in [-0.25, -0.2) is 4.98 Å². The van der Waals surface area contributed by atoms with Gasteiger partial charge in [-0.05, 0) is 19.1 Å². The quantitative estimate of drug-likeness (QED) is 0.909. The van der Waals surface area contributed by atoms with Crippen LogP contribution < -0.4 is 5.32 Å². The number of carbonyl (C=O) groups excluding carboxylic acids is 1. The predicted molar refractivity (Wildman–Crippen MR) is 76.9 cm³/mol. The molecular formula is C14H16N4OS. The zero-order valence-corrected chi connectivity index (χ0v) is 12.1. The fourth-order valence-electron chi connectivity index (χ4n) is 3.26. The number of hydrogen-bond acceptors (Lipinski definition) is 4. The van der Waals surface area contributed by atoms with Gasteiger partial charge in [0.25, 0.3) is 5.91 Å². The van der Waals surface area contributed by atoms with Crippen molar-refractivity contribution in [2.75, 3.05) is 13.1 Å². The summed E-state index contributed by atoms with van der Waals surface area (Å²) in [4.78, 5) is 19.2. The summed E-state index contributed by atoms with van der Waals surface area (Å²) in [6, 6.07) is 4.44. The Morgan fingerprint density at radius 1 is 1.45 bits per heavy atom. The van der Waals surface area contributed by atoms with Crippen LogP contribution in [0.2, 0.25) is 0 Å². The lowest BCUT2D eigenvalue weighted by Gasteiger charge is -2.38. The number of nitrogens with zero attached hydrogens (tertiary/aromatic N) is 3. The molecule has 1 N–H and O–H groups in total. The van der Waals surface area contributed by atoms with Gasteiger partial charge in [0.05, 0.1) is 29.3 Å². The summed E-state index contributed by atoms with van der Waals surface area (Å²) < 4.78 is 2.12. The van der Waals surface area contributed by atoms with Crippen molar-refractivity contribution in [3.8, 4) is 0 Å². The zero-order chi connectivity index (χ0) is 13.7. The summed E-state index contributed by atoms with van der Waals surface area (Å²) in [5, 5.41) is 6.50. The molecule has 1 fully saturated rings. The number of fused-ring (bicyclic) bond motifs is 3. The van der Waals surface area contributed by atoms with E-state index in [-0.39, 0.29) is 11.9 Å². The average Bonchev–Trinajstić information content (AvgIpc) is 3.13. The van der Waals surface area contributed by atoms with E-state index in [0.29, 0.717) is 12.6 Å². The van der Waals surface area contributed by atoms with Crippen molar-refractivity contribution in [2.45, 2.75) is 25.6 Å². The molecule has 2 atom stereocenters. The number of hydrogen-bond donors (Lipinski definition) is 1. The van der Waals surface area contributed by atoms with E-state index in [9.17, 15) is 4.79 Å².